The van der Waals surface area contributed by atoms with Gasteiger partial charge in [0, 0.05) is 44.8 Å². The van der Waals surface area contributed by atoms with Crippen molar-refractivity contribution in [1.29, 1.82) is 0 Å². The van der Waals surface area contributed by atoms with Crippen molar-refractivity contribution >= 4 is 38.4 Å². The zero-order chi connectivity index (χ0) is 25.0. The molecule has 198 valence electrons. The molecule has 0 aliphatic carbocycles. The van der Waals surface area contributed by atoms with Gasteiger partial charge in [-0.2, -0.15) is 0 Å². The van der Waals surface area contributed by atoms with Crippen molar-refractivity contribution in [2.45, 2.75) is 0 Å². The van der Waals surface area contributed by atoms with Crippen molar-refractivity contribution in [1.82, 2.24) is 0 Å². The van der Waals surface area contributed by atoms with Gasteiger partial charge in [-0.25, -0.2) is 0 Å². The largest absolute Gasteiger partial charge is 0.484 e. The molecular formula is C24H28Au2N2O6P2+4. The van der Waals surface area contributed by atoms with Crippen LogP contribution in [0.25, 0.3) is 0 Å². The average Bonchev–Trinajstić information content (AvgIpc) is 2.82. The molecule has 0 heterocycles. The topological polar surface area (TPSA) is 132 Å². The van der Waals surface area contributed by atoms with Crippen LogP contribution in [0.2, 0.25) is 0 Å². The van der Waals surface area contributed by atoms with Crippen LogP contribution < -0.4 is 21.2 Å². The van der Waals surface area contributed by atoms with Gasteiger partial charge >= 0.3 is 10.2 Å². The summed E-state index contributed by atoms with van der Waals surface area (Å²) < 4.78 is 0. The van der Waals surface area contributed by atoms with E-state index in [1.165, 1.54) is 21.2 Å². The summed E-state index contributed by atoms with van der Waals surface area (Å²) >= 11 is 0. The first kappa shape index (κ1) is 35.8. The second kappa shape index (κ2) is 23.0. The zero-order valence-corrected chi connectivity index (χ0v) is 25.5. The van der Waals surface area contributed by atoms with Gasteiger partial charge in [0.15, 0.2) is 0 Å². The van der Waals surface area contributed by atoms with Crippen LogP contribution in [0.3, 0.4) is 0 Å². The minimum absolute atomic E-state index is 0. The van der Waals surface area contributed by atoms with Gasteiger partial charge < -0.3 is 10.4 Å². The molecule has 0 aromatic heterocycles. The summed E-state index contributed by atoms with van der Waals surface area (Å²) in [7, 11) is 0.543. The predicted octanol–water partition coefficient (Wildman–Crippen LogP) is 1.90. The van der Waals surface area contributed by atoms with Gasteiger partial charge in [0.25, 0.3) is 0 Å². The zero-order valence-electron chi connectivity index (χ0n) is 18.8. The van der Waals surface area contributed by atoms with Gasteiger partial charge in [0.2, 0.25) is 0 Å². The van der Waals surface area contributed by atoms with Crippen molar-refractivity contribution < 1.29 is 65.3 Å². The maximum absolute atomic E-state index is 8.47. The number of hydrogen-bond acceptors (Lipinski definition) is 4. The molecule has 0 unspecified atom stereocenters. The van der Waals surface area contributed by atoms with E-state index in [-0.39, 0.29) is 61.9 Å². The van der Waals surface area contributed by atoms with Gasteiger partial charge in [-0.1, -0.05) is 72.8 Å². The third-order valence-electron chi connectivity index (χ3n) is 3.86. The fraction of sp³-hybridized carbons (Fsp3) is 0. The second-order valence-electron chi connectivity index (χ2n) is 6.45. The molecule has 0 spiro atoms. The Balaban J connectivity index is 0. The summed E-state index contributed by atoms with van der Waals surface area (Å²) in [5, 5.41) is 30.9. The molecule has 12 heteroatoms. The van der Waals surface area contributed by atoms with Gasteiger partial charge in [0.05, 0.1) is 38.4 Å². The summed E-state index contributed by atoms with van der Waals surface area (Å²) in [6.07, 6.45) is 0. The van der Waals surface area contributed by atoms with Crippen LogP contribution in [0.1, 0.15) is 0 Å². The first-order valence-electron chi connectivity index (χ1n) is 9.97. The standard InChI is InChI=1S/2C12H11P.2Au.2HNO3/c2*1-3-7-11(8-4-1)13-12-9-5-2-6-10-12;;;2*2-1(3)4/h2*1-10,13H;;;2*(H,2,3,4)/p+4. The van der Waals surface area contributed by atoms with E-state index < -0.39 is 10.2 Å². The molecule has 0 bridgehead atoms. The molecule has 4 rings (SSSR count). The van der Waals surface area contributed by atoms with Crippen molar-refractivity contribution in [3.63, 3.8) is 0 Å². The normalized spacial score (nSPS) is 8.44. The Morgan fingerprint density at radius 2 is 0.583 bits per heavy atom. The molecule has 0 saturated carbocycles. The fourth-order valence-electron chi connectivity index (χ4n) is 2.58. The molecule has 0 amide bonds. The minimum atomic E-state index is -1.25. The SMILES string of the molecule is O=[N+]([O-])[OH2+].O=[N+]([O-])[OH2+].[Au].[Au].c1ccc([PH2+]c2ccccc2)cc1.c1ccc([PH2+]c2ccccc2)cc1. The van der Waals surface area contributed by atoms with E-state index in [4.69, 9.17) is 30.6 Å². The molecule has 0 aliphatic heterocycles. The molecule has 4 N–H and O–H groups in total. The van der Waals surface area contributed by atoms with Crippen molar-refractivity contribution in [2.24, 2.45) is 0 Å². The van der Waals surface area contributed by atoms with Crippen LogP contribution in [-0.2, 0) is 44.8 Å². The van der Waals surface area contributed by atoms with Crippen LogP contribution in [0.4, 0.5) is 0 Å². The summed E-state index contributed by atoms with van der Waals surface area (Å²) in [6, 6.07) is 42.6. The quantitative estimate of drug-likeness (QED) is 0.102. The Bertz CT molecular complexity index is 913. The molecule has 0 aliphatic rings. The van der Waals surface area contributed by atoms with Crippen LogP contribution >= 0.6 is 17.2 Å². The molecule has 2 radical (unpaired) electrons. The monoisotopic (exact) mass is 896 g/mol. The Labute approximate surface area is 244 Å². The van der Waals surface area contributed by atoms with E-state index in [1.54, 1.807) is 0 Å². The first-order chi connectivity index (χ1) is 16.4. The third-order valence-corrected chi connectivity index (χ3v) is 6.74. The summed E-state index contributed by atoms with van der Waals surface area (Å²) in [5.74, 6) is 0. The molecule has 36 heavy (non-hydrogen) atoms. The second-order valence-corrected chi connectivity index (χ2v) is 9.69. The van der Waals surface area contributed by atoms with Crippen LogP contribution in [-0.4, -0.2) is 20.6 Å². The van der Waals surface area contributed by atoms with Crippen molar-refractivity contribution in [2.75, 3.05) is 0 Å². The first-order valence-corrected chi connectivity index (χ1v) is 12.3. The maximum atomic E-state index is 8.47. The Morgan fingerprint density at radius 1 is 0.444 bits per heavy atom. The van der Waals surface area contributed by atoms with Crippen LogP contribution in [0.15, 0.2) is 121 Å². The molecular weight excluding hydrogens is 868 g/mol. The van der Waals surface area contributed by atoms with E-state index in [0.717, 1.165) is 0 Å². The van der Waals surface area contributed by atoms with E-state index >= 15 is 0 Å². The van der Waals surface area contributed by atoms with Gasteiger partial charge in [0.1, 0.15) is 20.2 Å². The van der Waals surface area contributed by atoms with E-state index in [1.807, 2.05) is 0 Å². The van der Waals surface area contributed by atoms with Gasteiger partial charge in [-0.15, -0.1) is 0 Å². The summed E-state index contributed by atoms with van der Waals surface area (Å²) in [6.45, 7) is 0. The third kappa shape index (κ3) is 20.9. The predicted molar refractivity (Wildman–Crippen MR) is 145 cm³/mol. The fourth-order valence-corrected chi connectivity index (χ4v) is 5.01. The number of nitrogens with zero attached hydrogens (tertiary/aromatic N) is 2. The molecule has 0 saturated heterocycles. The average molecular weight is 896 g/mol. The van der Waals surface area contributed by atoms with E-state index in [0.29, 0.717) is 0 Å². The van der Waals surface area contributed by atoms with Crippen molar-refractivity contribution in [3.05, 3.63) is 142 Å². The minimum Gasteiger partial charge on any atom is -0.400 e. The smallest absolute Gasteiger partial charge is 0.400 e. The summed E-state index contributed by atoms with van der Waals surface area (Å²) in [5.41, 5.74) is 0. The van der Waals surface area contributed by atoms with E-state index in [9.17, 15) is 0 Å². The number of hydrogen-bond donors (Lipinski definition) is 0. The molecule has 0 atom stereocenters. The summed E-state index contributed by atoms with van der Waals surface area (Å²) in [4.78, 5) is 16.9. The van der Waals surface area contributed by atoms with Crippen LogP contribution in [0, 0.1) is 20.2 Å². The molecule has 4 aromatic rings. The molecule has 4 aromatic carbocycles. The van der Waals surface area contributed by atoms with E-state index in [2.05, 4.69) is 121 Å². The Hall–Kier alpha value is -2.38. The van der Waals surface area contributed by atoms with Crippen molar-refractivity contribution in [3.8, 4) is 0 Å². The Kier molecular flexibility index (Phi) is 22.9. The number of benzene rings is 4. The number of rotatable bonds is 4. The Morgan fingerprint density at radius 3 is 0.722 bits per heavy atom. The van der Waals surface area contributed by atoms with Crippen LogP contribution in [0.5, 0.6) is 0 Å². The maximum Gasteiger partial charge on any atom is 0.484 e. The van der Waals surface area contributed by atoms with Gasteiger partial charge in [-0.05, 0) is 48.5 Å². The molecule has 0 fully saturated rings. The van der Waals surface area contributed by atoms with Gasteiger partial charge in [-0.3, -0.25) is 0 Å². The molecule has 8 nitrogen and oxygen atoms in total.